The van der Waals surface area contributed by atoms with Crippen molar-refractivity contribution >= 4 is 29.0 Å². The Balaban J connectivity index is 1.23. The van der Waals surface area contributed by atoms with Gasteiger partial charge in [-0.15, -0.1) is 23.1 Å². The number of carbonyl (C=O) groups is 1. The van der Waals surface area contributed by atoms with E-state index in [1.807, 2.05) is 54.3 Å². The predicted molar refractivity (Wildman–Crippen MR) is 123 cm³/mol. The van der Waals surface area contributed by atoms with Crippen LogP contribution in [0.15, 0.2) is 64.9 Å². The number of ether oxygens (including phenoxy) is 1. The number of piperidine rings is 1. The zero-order valence-electron chi connectivity index (χ0n) is 17.1. The number of rotatable bonds is 7. The molecule has 0 unspecified atom stereocenters. The van der Waals surface area contributed by atoms with Crippen LogP contribution in [-0.2, 0) is 17.1 Å². The number of aromatic nitrogens is 1. The summed E-state index contributed by atoms with van der Waals surface area (Å²) in [5.74, 6) is 0.969. The van der Waals surface area contributed by atoms with Gasteiger partial charge in [0.25, 0.3) is 5.91 Å². The number of nitrogens with zero attached hydrogens (tertiary/aromatic N) is 2. The Hall–Kier alpha value is -2.15. The minimum absolute atomic E-state index is 0.114. The molecule has 1 fully saturated rings. The van der Waals surface area contributed by atoms with Crippen LogP contribution in [0, 0.1) is 6.92 Å². The normalized spacial score (nSPS) is 14.8. The maximum Gasteiger partial charge on any atom is 0.253 e. The summed E-state index contributed by atoms with van der Waals surface area (Å²) in [6.07, 6.45) is 2.00. The second-order valence-corrected chi connectivity index (χ2v) is 9.57. The van der Waals surface area contributed by atoms with Crippen molar-refractivity contribution < 1.29 is 9.53 Å². The average Bonchev–Trinajstić information content (AvgIpc) is 3.22. The minimum atomic E-state index is 0.114. The Morgan fingerprint density at radius 3 is 2.53 bits per heavy atom. The van der Waals surface area contributed by atoms with E-state index in [1.54, 1.807) is 23.1 Å². The molecule has 0 aliphatic carbocycles. The highest BCUT2D eigenvalue weighted by Gasteiger charge is 2.24. The molecule has 0 atom stereocenters. The van der Waals surface area contributed by atoms with Gasteiger partial charge >= 0.3 is 0 Å². The summed E-state index contributed by atoms with van der Waals surface area (Å²) in [7, 11) is 0. The van der Waals surface area contributed by atoms with Crippen LogP contribution in [0.4, 0.5) is 0 Å². The Labute approximate surface area is 186 Å². The molecule has 1 aromatic heterocycles. The van der Waals surface area contributed by atoms with E-state index < -0.39 is 0 Å². The van der Waals surface area contributed by atoms with E-state index in [-0.39, 0.29) is 12.0 Å². The molecule has 0 saturated carbocycles. The zero-order chi connectivity index (χ0) is 20.8. The van der Waals surface area contributed by atoms with Crippen LogP contribution in [0.25, 0.3) is 0 Å². The van der Waals surface area contributed by atoms with E-state index in [0.717, 1.165) is 52.8 Å². The SMILES string of the molecule is Cc1nc(CSc2ccc(C(=O)N3CCC(OCc4ccccc4)CC3)cc2)cs1. The fraction of sp³-hybridized carbons (Fsp3) is 0.333. The molecule has 1 aliphatic heterocycles. The molecular formula is C24H26N2O2S2. The first-order valence-electron chi connectivity index (χ1n) is 10.3. The summed E-state index contributed by atoms with van der Waals surface area (Å²) in [5.41, 5.74) is 3.06. The largest absolute Gasteiger partial charge is 0.373 e. The highest BCUT2D eigenvalue weighted by Crippen LogP contribution is 2.25. The lowest BCUT2D eigenvalue weighted by Gasteiger charge is -2.32. The summed E-state index contributed by atoms with van der Waals surface area (Å²) in [5, 5.41) is 3.20. The number of thiazole rings is 1. The van der Waals surface area contributed by atoms with E-state index in [4.69, 9.17) is 4.74 Å². The fourth-order valence-corrected chi connectivity index (χ4v) is 5.03. The maximum absolute atomic E-state index is 12.8. The Morgan fingerprint density at radius 2 is 1.87 bits per heavy atom. The summed E-state index contributed by atoms with van der Waals surface area (Å²) >= 11 is 3.43. The minimum Gasteiger partial charge on any atom is -0.373 e. The molecule has 2 aromatic carbocycles. The molecule has 1 aliphatic rings. The maximum atomic E-state index is 12.8. The third-order valence-corrected chi connectivity index (χ3v) is 7.08. The van der Waals surface area contributed by atoms with Gasteiger partial charge in [-0.1, -0.05) is 30.3 Å². The van der Waals surface area contributed by atoms with Crippen molar-refractivity contribution in [2.24, 2.45) is 0 Å². The number of hydrogen-bond donors (Lipinski definition) is 0. The van der Waals surface area contributed by atoms with Crippen molar-refractivity contribution in [3.63, 3.8) is 0 Å². The number of thioether (sulfide) groups is 1. The number of amides is 1. The summed E-state index contributed by atoms with van der Waals surface area (Å²) < 4.78 is 6.04. The molecule has 156 valence electrons. The summed E-state index contributed by atoms with van der Waals surface area (Å²) in [6.45, 7) is 4.16. The zero-order valence-corrected chi connectivity index (χ0v) is 18.8. The highest BCUT2D eigenvalue weighted by molar-refractivity contribution is 7.98. The third kappa shape index (κ3) is 5.72. The smallest absolute Gasteiger partial charge is 0.253 e. The topological polar surface area (TPSA) is 42.4 Å². The lowest BCUT2D eigenvalue weighted by atomic mass is 10.1. The average molecular weight is 439 g/mol. The molecule has 6 heteroatoms. The number of benzene rings is 2. The first kappa shape index (κ1) is 21.1. The molecule has 0 radical (unpaired) electrons. The van der Waals surface area contributed by atoms with Crippen molar-refractivity contribution in [1.29, 1.82) is 0 Å². The molecule has 4 rings (SSSR count). The summed E-state index contributed by atoms with van der Waals surface area (Å²) in [6, 6.07) is 18.2. The van der Waals surface area contributed by atoms with E-state index in [9.17, 15) is 4.79 Å². The molecule has 3 aromatic rings. The van der Waals surface area contributed by atoms with Crippen LogP contribution >= 0.6 is 23.1 Å². The molecular weight excluding hydrogens is 412 g/mol. The van der Waals surface area contributed by atoms with Crippen LogP contribution in [0.5, 0.6) is 0 Å². The standard InChI is InChI=1S/C24H26N2O2S2/c1-18-25-21(16-29-18)17-30-23-9-7-20(8-10-23)24(27)26-13-11-22(12-14-26)28-15-19-5-3-2-4-6-19/h2-10,16,22H,11-15,17H2,1H3. The van der Waals surface area contributed by atoms with Crippen molar-refractivity contribution in [2.75, 3.05) is 13.1 Å². The van der Waals surface area contributed by atoms with Gasteiger partial charge in [-0.2, -0.15) is 0 Å². The van der Waals surface area contributed by atoms with Crippen LogP contribution in [0.3, 0.4) is 0 Å². The van der Waals surface area contributed by atoms with Crippen LogP contribution < -0.4 is 0 Å². The molecule has 1 amide bonds. The van der Waals surface area contributed by atoms with Crippen molar-refractivity contribution in [3.8, 4) is 0 Å². The molecule has 4 nitrogen and oxygen atoms in total. The van der Waals surface area contributed by atoms with Gasteiger partial charge in [-0.3, -0.25) is 4.79 Å². The van der Waals surface area contributed by atoms with E-state index in [2.05, 4.69) is 22.5 Å². The second-order valence-electron chi connectivity index (χ2n) is 7.46. The number of carbonyl (C=O) groups excluding carboxylic acids is 1. The van der Waals surface area contributed by atoms with E-state index >= 15 is 0 Å². The number of likely N-dealkylation sites (tertiary alicyclic amines) is 1. The van der Waals surface area contributed by atoms with E-state index in [1.165, 1.54) is 5.56 Å². The van der Waals surface area contributed by atoms with Gasteiger partial charge in [0.15, 0.2) is 0 Å². The van der Waals surface area contributed by atoms with Crippen molar-refractivity contribution in [2.45, 2.75) is 43.1 Å². The Bertz CT molecular complexity index is 949. The lowest BCUT2D eigenvalue weighted by Crippen LogP contribution is -2.40. The first-order valence-corrected chi connectivity index (χ1v) is 12.1. The summed E-state index contributed by atoms with van der Waals surface area (Å²) in [4.78, 5) is 20.4. The van der Waals surface area contributed by atoms with Gasteiger partial charge in [0, 0.05) is 34.7 Å². The quantitative estimate of drug-likeness (QED) is 0.453. The molecule has 0 spiro atoms. The van der Waals surface area contributed by atoms with Crippen LogP contribution in [0.2, 0.25) is 0 Å². The number of hydrogen-bond acceptors (Lipinski definition) is 5. The Kier molecular flexibility index (Phi) is 7.20. The number of aryl methyl sites for hydroxylation is 1. The highest BCUT2D eigenvalue weighted by atomic mass is 32.2. The molecule has 2 heterocycles. The Morgan fingerprint density at radius 1 is 1.13 bits per heavy atom. The van der Waals surface area contributed by atoms with E-state index in [0.29, 0.717) is 6.61 Å². The van der Waals surface area contributed by atoms with Gasteiger partial charge in [0.1, 0.15) is 0 Å². The van der Waals surface area contributed by atoms with Crippen molar-refractivity contribution in [1.82, 2.24) is 9.88 Å². The van der Waals surface area contributed by atoms with Gasteiger partial charge in [0.05, 0.1) is 23.4 Å². The third-order valence-electron chi connectivity index (χ3n) is 5.21. The van der Waals surface area contributed by atoms with Gasteiger partial charge in [0.2, 0.25) is 0 Å². The first-order chi connectivity index (χ1) is 14.7. The van der Waals surface area contributed by atoms with Gasteiger partial charge in [-0.05, 0) is 49.6 Å². The van der Waals surface area contributed by atoms with Crippen molar-refractivity contribution in [3.05, 3.63) is 81.8 Å². The molecule has 0 bridgehead atoms. The van der Waals surface area contributed by atoms with Crippen LogP contribution in [0.1, 0.15) is 39.5 Å². The predicted octanol–water partition coefficient (Wildman–Crippen LogP) is 5.57. The van der Waals surface area contributed by atoms with Gasteiger partial charge in [-0.25, -0.2) is 4.98 Å². The second kappa shape index (κ2) is 10.2. The van der Waals surface area contributed by atoms with Gasteiger partial charge < -0.3 is 9.64 Å². The lowest BCUT2D eigenvalue weighted by molar-refractivity contribution is -0.000380. The molecule has 30 heavy (non-hydrogen) atoms. The monoisotopic (exact) mass is 438 g/mol. The fourth-order valence-electron chi connectivity index (χ4n) is 3.52. The molecule has 0 N–H and O–H groups in total. The van der Waals surface area contributed by atoms with Crippen LogP contribution in [-0.4, -0.2) is 35.0 Å². The molecule has 1 saturated heterocycles.